The molecule has 0 saturated carbocycles. The van der Waals surface area contributed by atoms with E-state index in [-0.39, 0.29) is 5.91 Å². The van der Waals surface area contributed by atoms with Gasteiger partial charge in [-0.3, -0.25) is 14.5 Å². The molecule has 26 heavy (non-hydrogen) atoms. The zero-order chi connectivity index (χ0) is 19.6. The van der Waals surface area contributed by atoms with Crippen molar-refractivity contribution in [2.24, 2.45) is 0 Å². The maximum absolute atomic E-state index is 11.8. The van der Waals surface area contributed by atoms with Crippen LogP contribution >= 0.6 is 0 Å². The number of carboxylic acid groups (broad SMARTS) is 1. The molecule has 0 fully saturated rings. The van der Waals surface area contributed by atoms with E-state index in [1.165, 1.54) is 38.5 Å². The van der Waals surface area contributed by atoms with Crippen LogP contribution < -0.4 is 5.32 Å². The van der Waals surface area contributed by atoms with E-state index in [4.69, 9.17) is 5.11 Å². The molecule has 0 aromatic carbocycles. The van der Waals surface area contributed by atoms with Gasteiger partial charge < -0.3 is 10.4 Å². The van der Waals surface area contributed by atoms with E-state index in [9.17, 15) is 9.59 Å². The minimum atomic E-state index is -0.782. The van der Waals surface area contributed by atoms with E-state index >= 15 is 0 Å². The minimum absolute atomic E-state index is 0.122. The zero-order valence-corrected chi connectivity index (χ0v) is 17.0. The van der Waals surface area contributed by atoms with Crippen molar-refractivity contribution in [3.05, 3.63) is 12.7 Å². The van der Waals surface area contributed by atoms with E-state index in [1.807, 2.05) is 6.08 Å². The molecule has 1 atom stereocenters. The van der Waals surface area contributed by atoms with Crippen LogP contribution in [0, 0.1) is 0 Å². The smallest absolute Gasteiger partial charge is 0.320 e. The molecule has 0 rings (SSSR count). The van der Waals surface area contributed by atoms with E-state index in [0.717, 1.165) is 32.1 Å². The molecule has 0 aliphatic carbocycles. The van der Waals surface area contributed by atoms with E-state index in [0.29, 0.717) is 19.4 Å². The first-order chi connectivity index (χ1) is 12.5. The predicted molar refractivity (Wildman–Crippen MR) is 108 cm³/mol. The van der Waals surface area contributed by atoms with Crippen molar-refractivity contribution < 1.29 is 14.7 Å². The number of hydrogen-bond donors (Lipinski definition) is 2. The second kappa shape index (κ2) is 17.1. The van der Waals surface area contributed by atoms with Gasteiger partial charge in [-0.25, -0.2) is 0 Å². The summed E-state index contributed by atoms with van der Waals surface area (Å²) < 4.78 is 0. The topological polar surface area (TPSA) is 69.6 Å². The van der Waals surface area contributed by atoms with Gasteiger partial charge in [0.05, 0.1) is 0 Å². The van der Waals surface area contributed by atoms with E-state index < -0.39 is 12.0 Å². The number of nitrogens with zero attached hydrogens (tertiary/aromatic N) is 1. The number of hydrogen-bond acceptors (Lipinski definition) is 3. The molecule has 2 N–H and O–H groups in total. The molecular weight excluding hydrogens is 328 g/mol. The fourth-order valence-corrected chi connectivity index (χ4v) is 3.02. The Kier molecular flexibility index (Phi) is 16.2. The lowest BCUT2D eigenvalue weighted by Crippen LogP contribution is -2.35. The Labute approximate surface area is 160 Å². The molecule has 5 heteroatoms. The number of carbonyl (C=O) groups excluding carboxylic acids is 1. The summed E-state index contributed by atoms with van der Waals surface area (Å²) in [7, 11) is 3.56. The zero-order valence-electron chi connectivity index (χ0n) is 17.0. The summed E-state index contributed by atoms with van der Waals surface area (Å²) in [5, 5.41) is 12.0. The fraction of sp³-hybridized carbons (Fsp3) is 0.810. The SMILES string of the molecule is C=CCCCCCCCCCCC(=O)NCCCC[C@@H](C(=O)O)N(C)C. The molecule has 5 nitrogen and oxygen atoms in total. The fourth-order valence-electron chi connectivity index (χ4n) is 3.02. The number of likely N-dealkylation sites (N-methyl/N-ethyl adjacent to an activating group) is 1. The first-order valence-electron chi connectivity index (χ1n) is 10.3. The number of nitrogens with one attached hydrogen (secondary N) is 1. The van der Waals surface area contributed by atoms with E-state index in [1.54, 1.807) is 19.0 Å². The summed E-state index contributed by atoms with van der Waals surface area (Å²) in [4.78, 5) is 24.6. The second-order valence-electron chi connectivity index (χ2n) is 7.32. The molecule has 0 radical (unpaired) electrons. The average Bonchev–Trinajstić information content (AvgIpc) is 2.58. The van der Waals surface area contributed by atoms with Gasteiger partial charge in [-0.05, 0) is 52.6 Å². The minimum Gasteiger partial charge on any atom is -0.480 e. The first kappa shape index (κ1) is 24.6. The maximum Gasteiger partial charge on any atom is 0.320 e. The molecule has 1 amide bonds. The van der Waals surface area contributed by atoms with Crippen molar-refractivity contribution in [3.8, 4) is 0 Å². The third-order valence-corrected chi connectivity index (χ3v) is 4.70. The largest absolute Gasteiger partial charge is 0.480 e. The molecule has 0 aliphatic heterocycles. The van der Waals surface area contributed by atoms with Crippen LogP contribution in [-0.2, 0) is 9.59 Å². The molecule has 0 aromatic rings. The molecule has 152 valence electrons. The molecule has 0 heterocycles. The molecule has 0 unspecified atom stereocenters. The number of allylic oxidation sites excluding steroid dienone is 1. The summed E-state index contributed by atoms with van der Waals surface area (Å²) in [6, 6.07) is -0.437. The van der Waals surface area contributed by atoms with Crippen molar-refractivity contribution in [1.82, 2.24) is 10.2 Å². The maximum atomic E-state index is 11.8. The van der Waals surface area contributed by atoms with Gasteiger partial charge in [-0.1, -0.05) is 44.6 Å². The summed E-state index contributed by atoms with van der Waals surface area (Å²) in [6.07, 6.45) is 15.7. The van der Waals surface area contributed by atoms with Crippen molar-refractivity contribution in [2.75, 3.05) is 20.6 Å². The number of carbonyl (C=O) groups is 2. The highest BCUT2D eigenvalue weighted by Gasteiger charge is 2.18. The molecular formula is C21H40N2O3. The normalized spacial score (nSPS) is 12.1. The third-order valence-electron chi connectivity index (χ3n) is 4.70. The molecule has 0 aromatic heterocycles. The Hall–Kier alpha value is -1.36. The molecule has 0 aliphatic rings. The standard InChI is InChI=1S/C21H40N2O3/c1-4-5-6-7-8-9-10-11-12-13-17-20(24)22-18-15-14-16-19(21(25)26)23(2)3/h4,19H,1,5-18H2,2-3H3,(H,22,24)(H,25,26)/t19-/m0/s1. The van der Waals surface area contributed by atoms with Gasteiger partial charge in [-0.2, -0.15) is 0 Å². The number of aliphatic carboxylic acids is 1. The van der Waals surface area contributed by atoms with Crippen LogP contribution in [0.4, 0.5) is 0 Å². The van der Waals surface area contributed by atoms with Crippen LogP contribution in [0.2, 0.25) is 0 Å². The van der Waals surface area contributed by atoms with Gasteiger partial charge in [0.2, 0.25) is 5.91 Å². The summed E-state index contributed by atoms with van der Waals surface area (Å²) >= 11 is 0. The van der Waals surface area contributed by atoms with Crippen LogP contribution in [0.5, 0.6) is 0 Å². The number of amides is 1. The average molecular weight is 369 g/mol. The Morgan fingerprint density at radius 1 is 0.962 bits per heavy atom. The predicted octanol–water partition coefficient (Wildman–Crippen LogP) is 4.37. The van der Waals surface area contributed by atoms with Crippen molar-refractivity contribution in [2.45, 2.75) is 89.5 Å². The summed E-state index contributed by atoms with van der Waals surface area (Å²) in [5.41, 5.74) is 0. The van der Waals surface area contributed by atoms with Crippen LogP contribution in [0.15, 0.2) is 12.7 Å². The van der Waals surface area contributed by atoms with Gasteiger partial charge in [0.15, 0.2) is 0 Å². The van der Waals surface area contributed by atoms with E-state index in [2.05, 4.69) is 11.9 Å². The molecule has 0 spiro atoms. The van der Waals surface area contributed by atoms with Gasteiger partial charge in [0.25, 0.3) is 0 Å². The Bertz CT molecular complexity index is 383. The van der Waals surface area contributed by atoms with Crippen LogP contribution in [0.3, 0.4) is 0 Å². The van der Waals surface area contributed by atoms with Gasteiger partial charge in [-0.15, -0.1) is 6.58 Å². The highest BCUT2D eigenvalue weighted by molar-refractivity contribution is 5.75. The number of carboxylic acids is 1. The van der Waals surface area contributed by atoms with Crippen molar-refractivity contribution in [3.63, 3.8) is 0 Å². The number of rotatable bonds is 18. The lowest BCUT2D eigenvalue weighted by atomic mass is 10.1. The molecule has 0 saturated heterocycles. The lowest BCUT2D eigenvalue weighted by Gasteiger charge is -2.19. The van der Waals surface area contributed by atoms with Crippen LogP contribution in [0.25, 0.3) is 0 Å². The lowest BCUT2D eigenvalue weighted by molar-refractivity contribution is -0.142. The Morgan fingerprint density at radius 3 is 2.08 bits per heavy atom. The Balaban J connectivity index is 3.42. The van der Waals surface area contributed by atoms with Gasteiger partial charge in [0.1, 0.15) is 6.04 Å². The first-order valence-corrected chi connectivity index (χ1v) is 10.3. The van der Waals surface area contributed by atoms with Gasteiger partial charge >= 0.3 is 5.97 Å². The van der Waals surface area contributed by atoms with Crippen molar-refractivity contribution in [1.29, 1.82) is 0 Å². The number of unbranched alkanes of at least 4 members (excludes halogenated alkanes) is 9. The van der Waals surface area contributed by atoms with Crippen molar-refractivity contribution >= 4 is 11.9 Å². The van der Waals surface area contributed by atoms with Crippen LogP contribution in [-0.4, -0.2) is 48.6 Å². The highest BCUT2D eigenvalue weighted by Crippen LogP contribution is 2.11. The highest BCUT2D eigenvalue weighted by atomic mass is 16.4. The van der Waals surface area contributed by atoms with Crippen LogP contribution in [0.1, 0.15) is 83.5 Å². The molecule has 0 bridgehead atoms. The second-order valence-corrected chi connectivity index (χ2v) is 7.32. The van der Waals surface area contributed by atoms with Gasteiger partial charge in [0, 0.05) is 13.0 Å². The Morgan fingerprint density at radius 2 is 1.54 bits per heavy atom. The quantitative estimate of drug-likeness (QED) is 0.278. The summed E-state index contributed by atoms with van der Waals surface area (Å²) in [6.45, 7) is 4.38. The third kappa shape index (κ3) is 14.9. The summed E-state index contributed by atoms with van der Waals surface area (Å²) in [5.74, 6) is -0.660. The monoisotopic (exact) mass is 368 g/mol.